The lowest BCUT2D eigenvalue weighted by molar-refractivity contribution is -0.123. The van der Waals surface area contributed by atoms with Crippen molar-refractivity contribution in [2.75, 3.05) is 26.3 Å². The third kappa shape index (κ3) is 5.92. The van der Waals surface area contributed by atoms with Crippen LogP contribution in [0, 0.1) is 5.92 Å². The Morgan fingerprint density at radius 1 is 1.05 bits per heavy atom. The normalized spacial score (nSPS) is 20.9. The number of hydrogen-bond acceptors (Lipinski definition) is 8. The molecule has 1 aromatic heterocycles. The summed E-state index contributed by atoms with van der Waals surface area (Å²) in [5, 5.41) is 11.7. The van der Waals surface area contributed by atoms with Crippen LogP contribution in [0.25, 0.3) is 0 Å². The molecule has 0 unspecified atom stereocenters. The molecule has 0 radical (unpaired) electrons. The summed E-state index contributed by atoms with van der Waals surface area (Å²) in [6.07, 6.45) is 1.62. The number of fused-ring (bicyclic) bond motifs is 7. The summed E-state index contributed by atoms with van der Waals surface area (Å²) in [5.74, 6) is 0.460. The second kappa shape index (κ2) is 10.8. The number of hydrogen-bond donors (Lipinski definition) is 4. The Morgan fingerprint density at radius 3 is 2.62 bits per heavy atom. The highest BCUT2D eigenvalue weighted by Crippen LogP contribution is 2.31. The van der Waals surface area contributed by atoms with E-state index >= 15 is 0 Å². The molecule has 208 valence electrons. The number of carbonyl (C=O) groups is 3. The van der Waals surface area contributed by atoms with E-state index < -0.39 is 29.6 Å². The van der Waals surface area contributed by atoms with Crippen LogP contribution in [-0.4, -0.2) is 76.3 Å². The van der Waals surface area contributed by atoms with E-state index in [-0.39, 0.29) is 37.0 Å². The van der Waals surface area contributed by atoms with Gasteiger partial charge >= 0.3 is 5.69 Å². The molecule has 3 aliphatic heterocycles. The smallest absolute Gasteiger partial charge is 0.341 e. The predicted molar refractivity (Wildman–Crippen MR) is 139 cm³/mol. The number of amides is 3. The van der Waals surface area contributed by atoms with E-state index in [4.69, 9.17) is 14.2 Å². The van der Waals surface area contributed by atoms with E-state index in [0.717, 1.165) is 18.4 Å². The molecule has 7 rings (SSSR count). The number of benzene rings is 2. The number of H-pyrrole nitrogens is 2. The van der Waals surface area contributed by atoms with Crippen LogP contribution in [0.4, 0.5) is 0 Å². The number of nitrogens with one attached hydrogen (secondary N) is 4. The van der Waals surface area contributed by atoms with Crippen LogP contribution in [-0.2, 0) is 11.3 Å². The fourth-order valence-electron chi connectivity index (χ4n) is 4.60. The van der Waals surface area contributed by atoms with E-state index in [2.05, 4.69) is 25.8 Å². The average Bonchev–Trinajstić information content (AvgIpc) is 3.56. The summed E-state index contributed by atoms with van der Waals surface area (Å²) in [6, 6.07) is 11.4. The second-order valence-corrected chi connectivity index (χ2v) is 10.1. The minimum Gasteiger partial charge on any atom is -0.493 e. The van der Waals surface area contributed by atoms with Crippen LogP contribution in [0.15, 0.2) is 47.3 Å². The molecule has 13 heteroatoms. The molecule has 4 heterocycles. The van der Waals surface area contributed by atoms with Gasteiger partial charge in [0.05, 0.1) is 19.2 Å². The summed E-state index contributed by atoms with van der Waals surface area (Å²) in [6.45, 7) is 0.879. The molecule has 4 bridgehead atoms. The molecule has 3 amide bonds. The van der Waals surface area contributed by atoms with Crippen molar-refractivity contribution in [2.24, 2.45) is 5.92 Å². The van der Waals surface area contributed by atoms with Gasteiger partial charge in [0, 0.05) is 24.7 Å². The highest BCUT2D eigenvalue weighted by Gasteiger charge is 2.39. The number of rotatable bonds is 4. The zero-order chi connectivity index (χ0) is 27.6. The van der Waals surface area contributed by atoms with Crippen molar-refractivity contribution in [3.8, 4) is 17.2 Å². The van der Waals surface area contributed by atoms with Crippen molar-refractivity contribution >= 4 is 17.7 Å². The quantitative estimate of drug-likeness (QED) is 0.368. The van der Waals surface area contributed by atoms with Gasteiger partial charge in [0.25, 0.3) is 17.7 Å². The number of likely N-dealkylation sites (tertiary alicyclic amines) is 1. The van der Waals surface area contributed by atoms with Gasteiger partial charge in [-0.05, 0) is 48.6 Å². The van der Waals surface area contributed by atoms with Gasteiger partial charge in [-0.15, -0.1) is 5.10 Å². The van der Waals surface area contributed by atoms with E-state index in [1.165, 1.54) is 4.90 Å². The first kappa shape index (κ1) is 25.5. The van der Waals surface area contributed by atoms with Crippen LogP contribution in [0.2, 0.25) is 0 Å². The maximum absolute atomic E-state index is 13.5. The van der Waals surface area contributed by atoms with Gasteiger partial charge in [-0.25, -0.2) is 9.89 Å². The second-order valence-electron chi connectivity index (χ2n) is 10.1. The lowest BCUT2D eigenvalue weighted by Crippen LogP contribution is -2.45. The molecule has 3 aromatic rings. The van der Waals surface area contributed by atoms with Crippen molar-refractivity contribution in [3.63, 3.8) is 0 Å². The summed E-state index contributed by atoms with van der Waals surface area (Å²) in [7, 11) is 0. The monoisotopic (exact) mass is 548 g/mol. The molecule has 40 heavy (non-hydrogen) atoms. The van der Waals surface area contributed by atoms with Crippen molar-refractivity contribution in [3.05, 3.63) is 69.9 Å². The Balaban J connectivity index is 1.29. The van der Waals surface area contributed by atoms with E-state index in [1.807, 2.05) is 12.1 Å². The fourth-order valence-corrected chi connectivity index (χ4v) is 4.60. The first-order chi connectivity index (χ1) is 19.4. The first-order valence-corrected chi connectivity index (χ1v) is 13.1. The molecule has 13 nitrogen and oxygen atoms in total. The highest BCUT2D eigenvalue weighted by molar-refractivity contribution is 5.95. The van der Waals surface area contributed by atoms with Crippen LogP contribution in [0.5, 0.6) is 17.2 Å². The summed E-state index contributed by atoms with van der Waals surface area (Å²) in [5.41, 5.74) is 0.543. The van der Waals surface area contributed by atoms with Gasteiger partial charge in [0.1, 0.15) is 23.4 Å². The third-order valence-electron chi connectivity index (χ3n) is 6.97. The predicted octanol–water partition coefficient (Wildman–Crippen LogP) is 0.597. The van der Waals surface area contributed by atoms with Gasteiger partial charge < -0.3 is 29.7 Å². The Bertz CT molecular complexity index is 1480. The van der Waals surface area contributed by atoms with Crippen molar-refractivity contribution < 1.29 is 28.6 Å². The molecule has 2 fully saturated rings. The van der Waals surface area contributed by atoms with Crippen LogP contribution >= 0.6 is 0 Å². The Kier molecular flexibility index (Phi) is 6.84. The molecule has 1 aliphatic carbocycles. The fraction of sp³-hybridized carbons (Fsp3) is 0.370. The maximum Gasteiger partial charge on any atom is 0.341 e. The Morgan fingerprint density at radius 2 is 1.88 bits per heavy atom. The highest BCUT2D eigenvalue weighted by atomic mass is 16.5. The number of nitrogens with zero attached hydrogens (tertiary/aromatic N) is 2. The molecule has 4 aliphatic rings. The minimum absolute atomic E-state index is 0.126. The largest absolute Gasteiger partial charge is 0.493 e. The minimum atomic E-state index is -0.593. The van der Waals surface area contributed by atoms with Gasteiger partial charge in [-0.1, -0.05) is 12.1 Å². The topological polar surface area (TPSA) is 168 Å². The van der Waals surface area contributed by atoms with Crippen LogP contribution in [0.1, 0.15) is 39.4 Å². The van der Waals surface area contributed by atoms with Crippen LogP contribution in [0.3, 0.4) is 0 Å². The lowest BCUT2D eigenvalue weighted by Gasteiger charge is -2.21. The molecule has 1 saturated carbocycles. The van der Waals surface area contributed by atoms with Gasteiger partial charge in [-0.2, -0.15) is 0 Å². The lowest BCUT2D eigenvalue weighted by atomic mass is 10.1. The molecular weight excluding hydrogens is 520 g/mol. The molecule has 2 atom stereocenters. The Labute approximate surface area is 228 Å². The zero-order valence-electron chi connectivity index (χ0n) is 21.5. The molecular formula is C27H28N6O7. The summed E-state index contributed by atoms with van der Waals surface area (Å²) < 4.78 is 17.8. The van der Waals surface area contributed by atoms with Crippen LogP contribution < -0.4 is 30.5 Å². The summed E-state index contributed by atoms with van der Waals surface area (Å²) >= 11 is 0. The van der Waals surface area contributed by atoms with Gasteiger partial charge in [-0.3, -0.25) is 19.4 Å². The number of ether oxygens (including phenoxy) is 3. The Hall–Kier alpha value is -4.81. The zero-order valence-corrected chi connectivity index (χ0v) is 21.5. The maximum atomic E-state index is 13.5. The number of aromatic amines is 2. The van der Waals surface area contributed by atoms with Gasteiger partial charge in [0.15, 0.2) is 6.61 Å². The van der Waals surface area contributed by atoms with Gasteiger partial charge in [0.2, 0.25) is 5.82 Å². The first-order valence-electron chi connectivity index (χ1n) is 13.1. The molecule has 2 aromatic carbocycles. The number of aromatic nitrogens is 3. The SMILES string of the molecule is O=C1COc2cc(OCC3CC3)cc(c2)C(=O)N[C@H]2CN(C(=O)c3n[nH]c(=O)[nH]3)C[C@@H]2Oc2ccc(cc2)CN1. The van der Waals surface area contributed by atoms with Crippen molar-refractivity contribution in [1.82, 2.24) is 30.7 Å². The average molecular weight is 549 g/mol. The molecule has 0 spiro atoms. The molecule has 1 saturated heterocycles. The third-order valence-corrected chi connectivity index (χ3v) is 6.97. The summed E-state index contributed by atoms with van der Waals surface area (Å²) in [4.78, 5) is 54.2. The number of carbonyl (C=O) groups excluding carboxylic acids is 3. The molecule has 4 N–H and O–H groups in total. The van der Waals surface area contributed by atoms with E-state index in [9.17, 15) is 19.2 Å². The van der Waals surface area contributed by atoms with Crippen molar-refractivity contribution in [2.45, 2.75) is 31.5 Å². The van der Waals surface area contributed by atoms with E-state index in [0.29, 0.717) is 36.3 Å². The standard InChI is InChI=1S/C27H28N6O7/c34-23-14-39-20-8-17(7-19(9-20)38-13-16-1-2-16)25(35)29-21-11-33(26(36)24-30-27(37)32-31-24)12-22(21)40-18-5-3-15(4-6-18)10-28-23/h3-9,16,21-22H,1-2,10-14H2,(H,28,34)(H,29,35)(H2,30,31,32,37)/t21-,22-/m0/s1. The van der Waals surface area contributed by atoms with Crippen molar-refractivity contribution in [1.29, 1.82) is 0 Å². The van der Waals surface area contributed by atoms with E-state index in [1.54, 1.807) is 30.3 Å².